The number of benzene rings is 1. The first-order valence-corrected chi connectivity index (χ1v) is 8.34. The third-order valence-corrected chi connectivity index (χ3v) is 4.18. The molecule has 112 valence electrons. The minimum Gasteiger partial charge on any atom is -0.324 e. The lowest BCUT2D eigenvalue weighted by Crippen LogP contribution is -2.49. The number of amides is 1. The fourth-order valence-electron chi connectivity index (χ4n) is 1.77. The van der Waals surface area contributed by atoms with E-state index >= 15 is 0 Å². The van der Waals surface area contributed by atoms with Gasteiger partial charge < -0.3 is 10.6 Å². The van der Waals surface area contributed by atoms with Crippen LogP contribution in [0.5, 0.6) is 0 Å². The van der Waals surface area contributed by atoms with Crippen LogP contribution in [0.4, 0.5) is 5.69 Å². The Labute approximate surface area is 120 Å². The molecule has 0 heterocycles. The molecule has 20 heavy (non-hydrogen) atoms. The third kappa shape index (κ3) is 4.05. The molecule has 1 aromatic rings. The van der Waals surface area contributed by atoms with Crippen molar-refractivity contribution in [1.82, 2.24) is 5.32 Å². The number of anilines is 1. The first-order chi connectivity index (χ1) is 9.08. The molecule has 1 rings (SSSR count). The van der Waals surface area contributed by atoms with Crippen LogP contribution in [0.2, 0.25) is 0 Å². The fourth-order valence-corrected chi connectivity index (χ4v) is 2.41. The topological polar surface area (TPSA) is 75.3 Å². The Morgan fingerprint density at radius 2 is 1.90 bits per heavy atom. The molecule has 6 heteroatoms. The molecule has 0 aliphatic heterocycles. The number of likely N-dealkylation sites (N-methyl/N-ethyl adjacent to an activating group) is 1. The van der Waals surface area contributed by atoms with Crippen molar-refractivity contribution < 1.29 is 13.2 Å². The zero-order valence-corrected chi connectivity index (χ0v) is 13.4. The predicted octanol–water partition coefficient (Wildman–Crippen LogP) is 1.73. The van der Waals surface area contributed by atoms with Crippen molar-refractivity contribution in [3.8, 4) is 0 Å². The van der Waals surface area contributed by atoms with E-state index in [1.165, 1.54) is 12.1 Å². The highest BCUT2D eigenvalue weighted by Gasteiger charge is 2.26. The van der Waals surface area contributed by atoms with Crippen molar-refractivity contribution in [2.75, 3.05) is 18.1 Å². The van der Waals surface area contributed by atoms with Gasteiger partial charge in [-0.05, 0) is 45.0 Å². The van der Waals surface area contributed by atoms with Gasteiger partial charge in [-0.1, -0.05) is 13.0 Å². The van der Waals surface area contributed by atoms with E-state index in [9.17, 15) is 13.2 Å². The van der Waals surface area contributed by atoms with Gasteiger partial charge in [0.05, 0.1) is 10.4 Å². The SMILES string of the molecule is CCNC(C)(C)C(=O)Nc1cc(S(C)(=O)=O)ccc1C. The van der Waals surface area contributed by atoms with Crippen LogP contribution in [0.3, 0.4) is 0 Å². The minimum atomic E-state index is -3.29. The molecule has 1 aromatic carbocycles. The van der Waals surface area contributed by atoms with E-state index in [1.807, 2.05) is 13.8 Å². The van der Waals surface area contributed by atoms with Gasteiger partial charge >= 0.3 is 0 Å². The van der Waals surface area contributed by atoms with Crippen molar-refractivity contribution >= 4 is 21.4 Å². The van der Waals surface area contributed by atoms with Gasteiger partial charge in [0, 0.05) is 11.9 Å². The molecule has 0 bridgehead atoms. The van der Waals surface area contributed by atoms with Crippen molar-refractivity contribution in [2.24, 2.45) is 0 Å². The highest BCUT2D eigenvalue weighted by atomic mass is 32.2. The van der Waals surface area contributed by atoms with E-state index in [0.29, 0.717) is 12.2 Å². The molecule has 0 saturated carbocycles. The third-order valence-electron chi connectivity index (χ3n) is 3.07. The van der Waals surface area contributed by atoms with Crippen LogP contribution in [0.25, 0.3) is 0 Å². The number of carbonyl (C=O) groups excluding carboxylic acids is 1. The molecule has 5 nitrogen and oxygen atoms in total. The number of hydrogen-bond donors (Lipinski definition) is 2. The highest BCUT2D eigenvalue weighted by molar-refractivity contribution is 7.90. The van der Waals surface area contributed by atoms with E-state index in [4.69, 9.17) is 0 Å². The van der Waals surface area contributed by atoms with Gasteiger partial charge in [-0.2, -0.15) is 0 Å². The second-order valence-corrected chi connectivity index (χ2v) is 7.37. The lowest BCUT2D eigenvalue weighted by Gasteiger charge is -2.25. The number of carbonyl (C=O) groups is 1. The number of aryl methyl sites for hydroxylation is 1. The molecule has 0 aliphatic rings. The second kappa shape index (κ2) is 5.93. The van der Waals surface area contributed by atoms with E-state index in [1.54, 1.807) is 19.9 Å². The normalized spacial score (nSPS) is 12.2. The molecular formula is C14H22N2O3S. The lowest BCUT2D eigenvalue weighted by molar-refractivity contribution is -0.121. The van der Waals surface area contributed by atoms with E-state index in [-0.39, 0.29) is 10.8 Å². The summed E-state index contributed by atoms with van der Waals surface area (Å²) < 4.78 is 23.1. The van der Waals surface area contributed by atoms with E-state index in [2.05, 4.69) is 10.6 Å². The van der Waals surface area contributed by atoms with Crippen LogP contribution >= 0.6 is 0 Å². The molecule has 0 aromatic heterocycles. The summed E-state index contributed by atoms with van der Waals surface area (Å²) >= 11 is 0. The summed E-state index contributed by atoms with van der Waals surface area (Å²) in [4.78, 5) is 12.4. The summed E-state index contributed by atoms with van der Waals surface area (Å²) in [6.45, 7) is 7.97. The summed E-state index contributed by atoms with van der Waals surface area (Å²) in [5.41, 5.74) is 0.615. The Morgan fingerprint density at radius 3 is 2.40 bits per heavy atom. The van der Waals surface area contributed by atoms with Crippen molar-refractivity contribution in [3.63, 3.8) is 0 Å². The molecule has 0 aliphatic carbocycles. The fraction of sp³-hybridized carbons (Fsp3) is 0.500. The van der Waals surface area contributed by atoms with Crippen molar-refractivity contribution in [2.45, 2.75) is 38.1 Å². The maximum absolute atomic E-state index is 12.2. The lowest BCUT2D eigenvalue weighted by atomic mass is 10.0. The molecule has 0 saturated heterocycles. The average molecular weight is 298 g/mol. The molecule has 0 atom stereocenters. The van der Waals surface area contributed by atoms with Gasteiger partial charge in [0.25, 0.3) is 0 Å². The van der Waals surface area contributed by atoms with Crippen LogP contribution in [-0.2, 0) is 14.6 Å². The average Bonchev–Trinajstić information content (AvgIpc) is 2.30. The van der Waals surface area contributed by atoms with Gasteiger partial charge in [-0.25, -0.2) is 8.42 Å². The Bertz CT molecular complexity index is 607. The monoisotopic (exact) mass is 298 g/mol. The Morgan fingerprint density at radius 1 is 1.30 bits per heavy atom. The summed E-state index contributed by atoms with van der Waals surface area (Å²) in [6, 6.07) is 4.71. The number of rotatable bonds is 5. The predicted molar refractivity (Wildman–Crippen MR) is 80.7 cm³/mol. The smallest absolute Gasteiger partial charge is 0.244 e. The number of sulfone groups is 1. The summed E-state index contributed by atoms with van der Waals surface area (Å²) in [6.07, 6.45) is 1.14. The zero-order chi connectivity index (χ0) is 15.6. The molecule has 0 spiro atoms. The van der Waals surface area contributed by atoms with Crippen molar-refractivity contribution in [1.29, 1.82) is 0 Å². The zero-order valence-electron chi connectivity index (χ0n) is 12.6. The summed E-state index contributed by atoms with van der Waals surface area (Å²) in [7, 11) is -3.29. The van der Waals surface area contributed by atoms with Crippen molar-refractivity contribution in [3.05, 3.63) is 23.8 Å². The number of hydrogen-bond acceptors (Lipinski definition) is 4. The molecule has 2 N–H and O–H groups in total. The Balaban J connectivity index is 3.07. The Kier molecular flexibility index (Phi) is 4.94. The minimum absolute atomic E-state index is 0.194. The first kappa shape index (κ1) is 16.7. The largest absolute Gasteiger partial charge is 0.324 e. The van der Waals surface area contributed by atoms with E-state index < -0.39 is 15.4 Å². The molecule has 0 fully saturated rings. The maximum atomic E-state index is 12.2. The van der Waals surface area contributed by atoms with Crippen LogP contribution in [0.1, 0.15) is 26.3 Å². The Hall–Kier alpha value is -1.40. The molecular weight excluding hydrogens is 276 g/mol. The van der Waals surface area contributed by atoms with E-state index in [0.717, 1.165) is 11.8 Å². The quantitative estimate of drug-likeness (QED) is 0.868. The first-order valence-electron chi connectivity index (χ1n) is 6.45. The maximum Gasteiger partial charge on any atom is 0.244 e. The molecule has 0 radical (unpaired) electrons. The number of nitrogens with one attached hydrogen (secondary N) is 2. The van der Waals surface area contributed by atoms with Gasteiger partial charge in [0.2, 0.25) is 5.91 Å². The van der Waals surface area contributed by atoms with Crippen LogP contribution in [-0.4, -0.2) is 32.7 Å². The van der Waals surface area contributed by atoms with Crippen LogP contribution < -0.4 is 10.6 Å². The molecule has 1 amide bonds. The van der Waals surface area contributed by atoms with Crippen LogP contribution in [0.15, 0.2) is 23.1 Å². The van der Waals surface area contributed by atoms with Crippen LogP contribution in [0, 0.1) is 6.92 Å². The second-order valence-electron chi connectivity index (χ2n) is 5.36. The van der Waals surface area contributed by atoms with Gasteiger partial charge in [-0.15, -0.1) is 0 Å². The van der Waals surface area contributed by atoms with Gasteiger partial charge in [-0.3, -0.25) is 4.79 Å². The van der Waals surface area contributed by atoms with Gasteiger partial charge in [0.15, 0.2) is 9.84 Å². The molecule has 0 unspecified atom stereocenters. The summed E-state index contributed by atoms with van der Waals surface area (Å²) in [5, 5.41) is 5.86. The highest BCUT2D eigenvalue weighted by Crippen LogP contribution is 2.21. The van der Waals surface area contributed by atoms with Gasteiger partial charge in [0.1, 0.15) is 0 Å². The summed E-state index contributed by atoms with van der Waals surface area (Å²) in [5.74, 6) is -0.201. The standard InChI is InChI=1S/C14H22N2O3S/c1-6-15-14(3,4)13(17)16-12-9-11(20(5,18)19)8-7-10(12)2/h7-9,15H,6H2,1-5H3,(H,16,17).